The lowest BCUT2D eigenvalue weighted by Crippen LogP contribution is -2.47. The summed E-state index contributed by atoms with van der Waals surface area (Å²) in [6, 6.07) is 0. The van der Waals surface area contributed by atoms with Crippen molar-refractivity contribution < 1.29 is 4.74 Å². The van der Waals surface area contributed by atoms with E-state index >= 15 is 0 Å². The molecule has 0 radical (unpaired) electrons. The molecule has 27 heavy (non-hydrogen) atoms. The van der Waals surface area contributed by atoms with Crippen LogP contribution in [0.5, 0.6) is 0 Å². The molecule has 2 aromatic rings. The third kappa shape index (κ3) is 5.41. The fourth-order valence-corrected chi connectivity index (χ4v) is 4.24. The standard InChI is InChI=1S/C18H28N6OS.HI/c1-12(2)17-13(3)26-16(22-17)9-20-18(19-4)24-6-7-25-15(11-24)14-8-21-23(5)10-14;/h8,10,12,15H,6-7,9,11H2,1-5H3,(H,19,20);1H. The highest BCUT2D eigenvalue weighted by molar-refractivity contribution is 14.0. The largest absolute Gasteiger partial charge is 0.370 e. The maximum absolute atomic E-state index is 5.92. The SMILES string of the molecule is CN=C(NCc1nc(C(C)C)c(C)s1)N1CCOC(c2cnn(C)c2)C1.I. The summed E-state index contributed by atoms with van der Waals surface area (Å²) in [6.45, 7) is 9.47. The van der Waals surface area contributed by atoms with Crippen molar-refractivity contribution in [1.82, 2.24) is 25.0 Å². The molecule has 1 atom stereocenters. The van der Waals surface area contributed by atoms with Gasteiger partial charge in [0, 0.05) is 37.3 Å². The summed E-state index contributed by atoms with van der Waals surface area (Å²) in [6.07, 6.45) is 3.90. The Balaban J connectivity index is 0.00000261. The molecule has 1 saturated heterocycles. The lowest BCUT2D eigenvalue weighted by molar-refractivity contribution is -0.00805. The number of thiazole rings is 1. The van der Waals surface area contributed by atoms with Gasteiger partial charge in [-0.2, -0.15) is 5.10 Å². The normalized spacial score (nSPS) is 17.9. The van der Waals surface area contributed by atoms with Crippen LogP contribution < -0.4 is 5.32 Å². The Morgan fingerprint density at radius 2 is 2.26 bits per heavy atom. The van der Waals surface area contributed by atoms with Crippen molar-refractivity contribution in [3.8, 4) is 0 Å². The Kier molecular flexibility index (Phi) is 8.04. The third-order valence-electron chi connectivity index (χ3n) is 4.50. The molecule has 0 amide bonds. The van der Waals surface area contributed by atoms with E-state index in [1.165, 1.54) is 10.6 Å². The molecule has 3 rings (SSSR count). The van der Waals surface area contributed by atoms with Crippen molar-refractivity contribution >= 4 is 41.3 Å². The summed E-state index contributed by atoms with van der Waals surface area (Å²) >= 11 is 1.76. The van der Waals surface area contributed by atoms with E-state index in [-0.39, 0.29) is 30.1 Å². The average molecular weight is 504 g/mol. The molecule has 7 nitrogen and oxygen atoms in total. The van der Waals surface area contributed by atoms with E-state index in [2.05, 4.69) is 41.1 Å². The highest BCUT2D eigenvalue weighted by atomic mass is 127. The number of nitrogens with zero attached hydrogens (tertiary/aromatic N) is 5. The van der Waals surface area contributed by atoms with Crippen LogP contribution in [-0.4, -0.2) is 52.4 Å². The van der Waals surface area contributed by atoms with Gasteiger partial charge in [-0.15, -0.1) is 35.3 Å². The molecular formula is C18H29IN6OS. The van der Waals surface area contributed by atoms with E-state index in [1.54, 1.807) is 11.3 Å². The van der Waals surface area contributed by atoms with Gasteiger partial charge in [0.1, 0.15) is 11.1 Å². The Bertz CT molecular complexity index is 772. The van der Waals surface area contributed by atoms with E-state index in [9.17, 15) is 0 Å². The number of ether oxygens (including phenoxy) is 1. The predicted octanol–water partition coefficient (Wildman–Crippen LogP) is 3.08. The molecule has 0 aromatic carbocycles. The molecule has 0 spiro atoms. The molecule has 1 N–H and O–H groups in total. The number of morpholine rings is 1. The Labute approximate surface area is 182 Å². The zero-order chi connectivity index (χ0) is 18.7. The molecule has 0 saturated carbocycles. The van der Waals surface area contributed by atoms with Crippen molar-refractivity contribution in [2.75, 3.05) is 26.7 Å². The maximum Gasteiger partial charge on any atom is 0.194 e. The second-order valence-electron chi connectivity index (χ2n) is 6.86. The van der Waals surface area contributed by atoms with Crippen molar-refractivity contribution in [1.29, 1.82) is 0 Å². The number of aryl methyl sites for hydroxylation is 2. The summed E-state index contributed by atoms with van der Waals surface area (Å²) in [7, 11) is 3.75. The molecule has 1 aliphatic heterocycles. The van der Waals surface area contributed by atoms with Crippen molar-refractivity contribution in [3.05, 3.63) is 33.5 Å². The minimum absolute atomic E-state index is 0. The number of nitrogens with one attached hydrogen (secondary N) is 1. The monoisotopic (exact) mass is 504 g/mol. The van der Waals surface area contributed by atoms with E-state index in [0.29, 0.717) is 19.1 Å². The van der Waals surface area contributed by atoms with E-state index in [1.807, 2.05) is 31.2 Å². The highest BCUT2D eigenvalue weighted by Gasteiger charge is 2.25. The number of guanidine groups is 1. The number of aliphatic imine (C=N–C) groups is 1. The first-order chi connectivity index (χ1) is 12.5. The molecule has 0 bridgehead atoms. The minimum atomic E-state index is 0. The molecule has 2 aromatic heterocycles. The van der Waals surface area contributed by atoms with Crippen LogP contribution in [-0.2, 0) is 18.3 Å². The molecule has 9 heteroatoms. The Morgan fingerprint density at radius 1 is 1.48 bits per heavy atom. The molecule has 150 valence electrons. The van der Waals surface area contributed by atoms with E-state index < -0.39 is 0 Å². The lowest BCUT2D eigenvalue weighted by atomic mass is 10.1. The van der Waals surface area contributed by atoms with Crippen LogP contribution in [0, 0.1) is 6.92 Å². The number of aromatic nitrogens is 3. The van der Waals surface area contributed by atoms with Gasteiger partial charge in [-0.05, 0) is 12.8 Å². The molecular weight excluding hydrogens is 475 g/mol. The van der Waals surface area contributed by atoms with E-state index in [4.69, 9.17) is 9.72 Å². The summed E-state index contributed by atoms with van der Waals surface area (Å²) in [4.78, 5) is 12.8. The fraction of sp³-hybridized carbons (Fsp3) is 0.611. The minimum Gasteiger partial charge on any atom is -0.370 e. The number of halogens is 1. The van der Waals surface area contributed by atoms with Gasteiger partial charge in [0.15, 0.2) is 5.96 Å². The first-order valence-electron chi connectivity index (χ1n) is 9.00. The summed E-state index contributed by atoms with van der Waals surface area (Å²) < 4.78 is 7.73. The van der Waals surface area contributed by atoms with Gasteiger partial charge in [-0.3, -0.25) is 9.67 Å². The molecule has 3 heterocycles. The summed E-state index contributed by atoms with van der Waals surface area (Å²) in [5, 5.41) is 8.81. The molecule has 1 unspecified atom stereocenters. The van der Waals surface area contributed by atoms with Crippen LogP contribution in [0.1, 0.15) is 47.0 Å². The maximum atomic E-state index is 5.92. The highest BCUT2D eigenvalue weighted by Crippen LogP contribution is 2.24. The van der Waals surface area contributed by atoms with Gasteiger partial charge in [0.05, 0.1) is 31.6 Å². The first-order valence-corrected chi connectivity index (χ1v) is 9.81. The van der Waals surface area contributed by atoms with Crippen LogP contribution >= 0.6 is 35.3 Å². The predicted molar refractivity (Wildman–Crippen MR) is 120 cm³/mol. The van der Waals surface area contributed by atoms with E-state index in [0.717, 1.165) is 29.6 Å². The number of hydrogen-bond donors (Lipinski definition) is 1. The molecule has 1 aliphatic rings. The van der Waals surface area contributed by atoms with Crippen molar-refractivity contribution in [2.24, 2.45) is 12.0 Å². The van der Waals surface area contributed by atoms with Gasteiger partial charge >= 0.3 is 0 Å². The van der Waals surface area contributed by atoms with Gasteiger partial charge in [0.25, 0.3) is 0 Å². The molecule has 1 fully saturated rings. The number of hydrogen-bond acceptors (Lipinski definition) is 5. The quantitative estimate of drug-likeness (QED) is 0.394. The van der Waals surface area contributed by atoms with Gasteiger partial charge in [-0.25, -0.2) is 4.98 Å². The average Bonchev–Trinajstić information content (AvgIpc) is 3.21. The molecule has 0 aliphatic carbocycles. The topological polar surface area (TPSA) is 67.6 Å². The van der Waals surface area contributed by atoms with Gasteiger partial charge in [0.2, 0.25) is 0 Å². The second-order valence-corrected chi connectivity index (χ2v) is 8.15. The van der Waals surface area contributed by atoms with Crippen LogP contribution in [0.3, 0.4) is 0 Å². The zero-order valence-electron chi connectivity index (χ0n) is 16.6. The summed E-state index contributed by atoms with van der Waals surface area (Å²) in [5.74, 6) is 1.35. The van der Waals surface area contributed by atoms with Crippen molar-refractivity contribution in [2.45, 2.75) is 39.3 Å². The van der Waals surface area contributed by atoms with Gasteiger partial charge < -0.3 is 15.0 Å². The third-order valence-corrected chi connectivity index (χ3v) is 5.48. The van der Waals surface area contributed by atoms with Crippen LogP contribution in [0.15, 0.2) is 17.4 Å². The number of rotatable bonds is 4. The summed E-state index contributed by atoms with van der Waals surface area (Å²) in [5.41, 5.74) is 2.30. The van der Waals surface area contributed by atoms with Crippen molar-refractivity contribution in [3.63, 3.8) is 0 Å². The Morgan fingerprint density at radius 3 is 2.85 bits per heavy atom. The Hall–Kier alpha value is -1.20. The van der Waals surface area contributed by atoms with Crippen LogP contribution in [0.2, 0.25) is 0 Å². The second kappa shape index (κ2) is 9.83. The lowest BCUT2D eigenvalue weighted by Gasteiger charge is -2.34. The zero-order valence-corrected chi connectivity index (χ0v) is 19.7. The van der Waals surface area contributed by atoms with Gasteiger partial charge in [-0.1, -0.05) is 13.8 Å². The smallest absolute Gasteiger partial charge is 0.194 e. The van der Waals surface area contributed by atoms with Crippen LogP contribution in [0.25, 0.3) is 0 Å². The first kappa shape index (κ1) is 22.1. The van der Waals surface area contributed by atoms with Crippen LogP contribution in [0.4, 0.5) is 0 Å². The fourth-order valence-electron chi connectivity index (χ4n) is 3.21.